The summed E-state index contributed by atoms with van der Waals surface area (Å²) in [5, 5.41) is 3.30. The molecule has 1 unspecified atom stereocenters. The first-order valence-corrected chi connectivity index (χ1v) is 7.94. The second-order valence-corrected chi connectivity index (χ2v) is 6.61. The van der Waals surface area contributed by atoms with Crippen molar-refractivity contribution in [2.75, 3.05) is 21.3 Å². The summed E-state index contributed by atoms with van der Waals surface area (Å²) in [6.45, 7) is 0. The molecular weight excluding hydrogens is 362 g/mol. The molecule has 0 fully saturated rings. The summed E-state index contributed by atoms with van der Waals surface area (Å²) in [5.41, 5.74) is 1.03. The summed E-state index contributed by atoms with van der Waals surface area (Å²) in [5.74, 6) is 1.50. The van der Waals surface area contributed by atoms with Crippen LogP contribution in [0.4, 0.5) is 0 Å². The van der Waals surface area contributed by atoms with E-state index in [1.165, 1.54) is 0 Å². The van der Waals surface area contributed by atoms with Gasteiger partial charge in [0.25, 0.3) is 0 Å². The zero-order valence-electron chi connectivity index (χ0n) is 11.4. The molecule has 0 saturated heterocycles. The van der Waals surface area contributed by atoms with Crippen molar-refractivity contribution in [1.82, 2.24) is 5.32 Å². The van der Waals surface area contributed by atoms with Crippen LogP contribution in [0.3, 0.4) is 0 Å². The summed E-state index contributed by atoms with van der Waals surface area (Å²) in [4.78, 5) is 1.13. The van der Waals surface area contributed by atoms with Crippen LogP contribution >= 0.6 is 38.9 Å². The molecule has 0 aliphatic heterocycles. The van der Waals surface area contributed by atoms with Gasteiger partial charge in [0.2, 0.25) is 0 Å². The lowest BCUT2D eigenvalue weighted by Crippen LogP contribution is -2.17. The predicted octanol–water partition coefficient (Wildman–Crippen LogP) is 4.49. The monoisotopic (exact) mass is 375 g/mol. The minimum absolute atomic E-state index is 0.0182. The second kappa shape index (κ2) is 6.80. The van der Waals surface area contributed by atoms with Crippen LogP contribution < -0.4 is 14.8 Å². The Balaban J connectivity index is 2.52. The standard InChI is InChI=1S/C14H15BrClNO2S/c1-17-13(10-6-7-11(16)20-10)8-4-5-9(18-2)12(15)14(8)19-3/h4-7,13,17H,1-3H3. The van der Waals surface area contributed by atoms with Gasteiger partial charge in [0.15, 0.2) is 0 Å². The maximum Gasteiger partial charge on any atom is 0.141 e. The molecule has 1 heterocycles. The summed E-state index contributed by atoms with van der Waals surface area (Å²) < 4.78 is 12.4. The summed E-state index contributed by atoms with van der Waals surface area (Å²) in [6.07, 6.45) is 0. The molecule has 3 nitrogen and oxygen atoms in total. The van der Waals surface area contributed by atoms with E-state index in [-0.39, 0.29) is 6.04 Å². The summed E-state index contributed by atoms with van der Waals surface area (Å²) in [7, 11) is 5.20. The highest BCUT2D eigenvalue weighted by molar-refractivity contribution is 9.10. The largest absolute Gasteiger partial charge is 0.495 e. The topological polar surface area (TPSA) is 30.5 Å². The molecule has 20 heavy (non-hydrogen) atoms. The van der Waals surface area contributed by atoms with E-state index in [2.05, 4.69) is 21.2 Å². The fourth-order valence-corrected chi connectivity index (χ4v) is 3.95. The van der Waals surface area contributed by atoms with Crippen LogP contribution in [0.1, 0.15) is 16.5 Å². The van der Waals surface area contributed by atoms with Crippen LogP contribution in [0.5, 0.6) is 11.5 Å². The molecule has 0 amide bonds. The first kappa shape index (κ1) is 15.6. The van der Waals surface area contributed by atoms with Gasteiger partial charge >= 0.3 is 0 Å². The molecule has 0 bridgehead atoms. The van der Waals surface area contributed by atoms with Crippen molar-refractivity contribution >= 4 is 38.9 Å². The quantitative estimate of drug-likeness (QED) is 0.834. The minimum atomic E-state index is 0.0182. The fourth-order valence-electron chi connectivity index (χ4n) is 2.08. The van der Waals surface area contributed by atoms with Gasteiger partial charge in [0.05, 0.1) is 24.6 Å². The molecule has 1 aromatic heterocycles. The Bertz CT molecular complexity index is 603. The highest BCUT2D eigenvalue weighted by atomic mass is 79.9. The van der Waals surface area contributed by atoms with Crippen LogP contribution in [0.25, 0.3) is 0 Å². The molecule has 0 radical (unpaired) electrons. The highest BCUT2D eigenvalue weighted by Gasteiger charge is 2.21. The van der Waals surface area contributed by atoms with E-state index in [9.17, 15) is 0 Å². The van der Waals surface area contributed by atoms with E-state index in [1.54, 1.807) is 25.6 Å². The zero-order chi connectivity index (χ0) is 14.7. The number of methoxy groups -OCH3 is 2. The van der Waals surface area contributed by atoms with Crippen LogP contribution in [0, 0.1) is 0 Å². The molecule has 0 saturated carbocycles. The van der Waals surface area contributed by atoms with Crippen molar-refractivity contribution in [3.05, 3.63) is 43.5 Å². The summed E-state index contributed by atoms with van der Waals surface area (Å²) in [6, 6.07) is 7.85. The van der Waals surface area contributed by atoms with Crippen molar-refractivity contribution in [3.63, 3.8) is 0 Å². The van der Waals surface area contributed by atoms with Gasteiger partial charge in [-0.2, -0.15) is 0 Å². The molecule has 108 valence electrons. The van der Waals surface area contributed by atoms with E-state index in [4.69, 9.17) is 21.1 Å². The number of benzene rings is 1. The second-order valence-electron chi connectivity index (χ2n) is 4.07. The van der Waals surface area contributed by atoms with E-state index in [0.29, 0.717) is 0 Å². The molecule has 1 aromatic carbocycles. The lowest BCUT2D eigenvalue weighted by molar-refractivity contribution is 0.383. The maximum atomic E-state index is 6.03. The lowest BCUT2D eigenvalue weighted by atomic mass is 10.0. The lowest BCUT2D eigenvalue weighted by Gasteiger charge is -2.20. The average Bonchev–Trinajstić information content (AvgIpc) is 2.86. The Morgan fingerprint density at radius 2 is 1.95 bits per heavy atom. The van der Waals surface area contributed by atoms with Crippen LogP contribution in [0.2, 0.25) is 4.34 Å². The SMILES string of the molecule is CNC(c1ccc(Cl)s1)c1ccc(OC)c(Br)c1OC. The highest BCUT2D eigenvalue weighted by Crippen LogP contribution is 2.42. The Kier molecular flexibility index (Phi) is 5.32. The van der Waals surface area contributed by atoms with Crippen molar-refractivity contribution in [2.45, 2.75) is 6.04 Å². The van der Waals surface area contributed by atoms with Gasteiger partial charge in [-0.3, -0.25) is 0 Å². The molecular formula is C14H15BrClNO2S. The number of ether oxygens (including phenoxy) is 2. The third-order valence-electron chi connectivity index (χ3n) is 2.99. The first-order valence-electron chi connectivity index (χ1n) is 5.95. The van der Waals surface area contributed by atoms with Crippen LogP contribution in [-0.4, -0.2) is 21.3 Å². The number of nitrogens with one attached hydrogen (secondary N) is 1. The smallest absolute Gasteiger partial charge is 0.141 e. The average molecular weight is 377 g/mol. The Morgan fingerprint density at radius 1 is 1.20 bits per heavy atom. The predicted molar refractivity (Wildman–Crippen MR) is 87.5 cm³/mol. The molecule has 1 N–H and O–H groups in total. The summed E-state index contributed by atoms with van der Waals surface area (Å²) >= 11 is 11.1. The normalized spacial score (nSPS) is 12.2. The first-order chi connectivity index (χ1) is 9.62. The minimum Gasteiger partial charge on any atom is -0.495 e. The zero-order valence-corrected chi connectivity index (χ0v) is 14.5. The van der Waals surface area contributed by atoms with Gasteiger partial charge in [-0.15, -0.1) is 11.3 Å². The van der Waals surface area contributed by atoms with Crippen molar-refractivity contribution in [1.29, 1.82) is 0 Å². The van der Waals surface area contributed by atoms with Gasteiger partial charge < -0.3 is 14.8 Å². The molecule has 6 heteroatoms. The van der Waals surface area contributed by atoms with Crippen LogP contribution in [0.15, 0.2) is 28.7 Å². The van der Waals surface area contributed by atoms with E-state index in [0.717, 1.165) is 30.7 Å². The molecule has 2 aromatic rings. The number of halogens is 2. The van der Waals surface area contributed by atoms with Crippen molar-refractivity contribution < 1.29 is 9.47 Å². The molecule has 0 spiro atoms. The Labute approximate surface area is 136 Å². The number of rotatable bonds is 5. The molecule has 0 aliphatic carbocycles. The molecule has 1 atom stereocenters. The van der Waals surface area contributed by atoms with Gasteiger partial charge in [-0.05, 0) is 47.2 Å². The van der Waals surface area contributed by atoms with Gasteiger partial charge in [-0.1, -0.05) is 11.6 Å². The van der Waals surface area contributed by atoms with E-state index in [1.807, 2.05) is 31.3 Å². The number of hydrogen-bond acceptors (Lipinski definition) is 4. The fraction of sp³-hybridized carbons (Fsp3) is 0.286. The molecule has 0 aliphatic rings. The maximum absolute atomic E-state index is 6.03. The van der Waals surface area contributed by atoms with Crippen LogP contribution in [-0.2, 0) is 0 Å². The van der Waals surface area contributed by atoms with E-state index < -0.39 is 0 Å². The third-order valence-corrected chi connectivity index (χ3v) is 5.04. The number of thiophene rings is 1. The Morgan fingerprint density at radius 3 is 2.45 bits per heavy atom. The van der Waals surface area contributed by atoms with Crippen molar-refractivity contribution in [3.8, 4) is 11.5 Å². The Hall–Kier alpha value is -0.750. The van der Waals surface area contributed by atoms with E-state index >= 15 is 0 Å². The van der Waals surface area contributed by atoms with Gasteiger partial charge in [-0.25, -0.2) is 0 Å². The van der Waals surface area contributed by atoms with Gasteiger partial charge in [0, 0.05) is 10.4 Å². The number of hydrogen-bond donors (Lipinski definition) is 1. The van der Waals surface area contributed by atoms with Gasteiger partial charge in [0.1, 0.15) is 16.0 Å². The third kappa shape index (κ3) is 2.96. The van der Waals surface area contributed by atoms with Crippen molar-refractivity contribution in [2.24, 2.45) is 0 Å². The molecule has 2 rings (SSSR count).